The van der Waals surface area contributed by atoms with E-state index in [4.69, 9.17) is 11.6 Å². The number of aromatic nitrogens is 2. The van der Waals surface area contributed by atoms with Crippen molar-refractivity contribution in [2.24, 2.45) is 0 Å². The van der Waals surface area contributed by atoms with E-state index in [2.05, 4.69) is 12.0 Å². The molecule has 0 aromatic carbocycles. The van der Waals surface area contributed by atoms with E-state index >= 15 is 0 Å². The van der Waals surface area contributed by atoms with E-state index in [1.54, 1.807) is 27.8 Å². The second-order valence-corrected chi connectivity index (χ2v) is 11.1. The minimum Gasteiger partial charge on any atom is -0.337 e. The Hall–Kier alpha value is -1.68. The summed E-state index contributed by atoms with van der Waals surface area (Å²) in [6.07, 6.45) is 5.23. The van der Waals surface area contributed by atoms with E-state index < -0.39 is 10.0 Å². The Bertz CT molecular complexity index is 1030. The molecule has 0 atom stereocenters. The molecule has 3 rings (SSSR count). The van der Waals surface area contributed by atoms with Gasteiger partial charge in [-0.15, -0.1) is 11.3 Å². The van der Waals surface area contributed by atoms with Gasteiger partial charge in [-0.25, -0.2) is 8.42 Å². The third-order valence-electron chi connectivity index (χ3n) is 5.09. The van der Waals surface area contributed by atoms with Crippen LogP contribution in [0.25, 0.3) is 6.08 Å². The molecule has 0 aliphatic carbocycles. The lowest BCUT2D eigenvalue weighted by molar-refractivity contribution is -0.127. The molecule has 2 aromatic rings. The van der Waals surface area contributed by atoms with Crippen molar-refractivity contribution in [1.82, 2.24) is 19.0 Å². The van der Waals surface area contributed by atoms with Gasteiger partial charge in [0.2, 0.25) is 5.91 Å². The highest BCUT2D eigenvalue weighted by molar-refractivity contribution is 7.91. The predicted molar refractivity (Wildman–Crippen MR) is 120 cm³/mol. The standard InChI is InChI=1S/C20H27ClN4O3S2/c1-4-5-10-25-20(21)17(16(3)22-25)7-8-18(26)23-11-13-24(14-12-23)30(27,28)19-9-6-15(2)29-19/h6-9H,4-5,10-14H2,1-3H3/b8-7+. The molecule has 3 heterocycles. The quantitative estimate of drug-likeness (QED) is 0.580. The summed E-state index contributed by atoms with van der Waals surface area (Å²) in [5.41, 5.74) is 1.53. The number of thiophene rings is 1. The average Bonchev–Trinajstić information content (AvgIpc) is 3.28. The number of halogens is 1. The Morgan fingerprint density at radius 1 is 1.23 bits per heavy atom. The largest absolute Gasteiger partial charge is 0.337 e. The number of unbranched alkanes of at least 4 members (excludes halogenated alkanes) is 1. The minimum atomic E-state index is -3.49. The number of carbonyl (C=O) groups is 1. The Morgan fingerprint density at radius 2 is 1.93 bits per heavy atom. The molecule has 1 saturated heterocycles. The van der Waals surface area contributed by atoms with Gasteiger partial charge in [0.1, 0.15) is 9.36 Å². The lowest BCUT2D eigenvalue weighted by Crippen LogP contribution is -2.50. The van der Waals surface area contributed by atoms with Crippen LogP contribution in [0, 0.1) is 13.8 Å². The van der Waals surface area contributed by atoms with Crippen molar-refractivity contribution in [1.29, 1.82) is 0 Å². The highest BCUT2D eigenvalue weighted by atomic mass is 35.5. The van der Waals surface area contributed by atoms with Gasteiger partial charge >= 0.3 is 0 Å². The van der Waals surface area contributed by atoms with Gasteiger partial charge in [-0.1, -0.05) is 24.9 Å². The number of nitrogens with zero attached hydrogens (tertiary/aromatic N) is 4. The van der Waals surface area contributed by atoms with Crippen molar-refractivity contribution < 1.29 is 13.2 Å². The third kappa shape index (κ3) is 4.96. The van der Waals surface area contributed by atoms with Crippen molar-refractivity contribution in [3.05, 3.63) is 39.5 Å². The molecule has 30 heavy (non-hydrogen) atoms. The van der Waals surface area contributed by atoms with E-state index in [1.165, 1.54) is 21.7 Å². The molecule has 0 bridgehead atoms. The number of rotatable bonds is 7. The lowest BCUT2D eigenvalue weighted by atomic mass is 10.2. The maximum absolute atomic E-state index is 12.7. The van der Waals surface area contributed by atoms with Crippen LogP contribution in [0.4, 0.5) is 0 Å². The van der Waals surface area contributed by atoms with Gasteiger partial charge in [0.05, 0.1) is 5.69 Å². The second kappa shape index (κ2) is 9.64. The smallest absolute Gasteiger partial charge is 0.252 e. The van der Waals surface area contributed by atoms with Gasteiger partial charge in [-0.2, -0.15) is 9.40 Å². The molecule has 2 aromatic heterocycles. The van der Waals surface area contributed by atoms with Crippen molar-refractivity contribution in [2.45, 2.75) is 44.4 Å². The Morgan fingerprint density at radius 3 is 2.53 bits per heavy atom. The van der Waals surface area contributed by atoms with Crippen LogP contribution in [0.3, 0.4) is 0 Å². The fourth-order valence-corrected chi connectivity index (χ4v) is 6.48. The maximum atomic E-state index is 12.7. The highest BCUT2D eigenvalue weighted by Crippen LogP contribution is 2.25. The van der Waals surface area contributed by atoms with Gasteiger partial charge in [0.25, 0.3) is 10.0 Å². The molecule has 0 spiro atoms. The van der Waals surface area contributed by atoms with E-state index in [0.29, 0.717) is 22.5 Å². The topological polar surface area (TPSA) is 75.5 Å². The van der Waals surface area contributed by atoms with Crippen LogP contribution in [0.15, 0.2) is 22.4 Å². The van der Waals surface area contributed by atoms with Crippen molar-refractivity contribution >= 4 is 44.9 Å². The average molecular weight is 471 g/mol. The molecular formula is C20H27ClN4O3S2. The summed E-state index contributed by atoms with van der Waals surface area (Å²) in [6, 6.07) is 3.45. The first kappa shape index (κ1) is 23.0. The summed E-state index contributed by atoms with van der Waals surface area (Å²) >= 11 is 7.68. The molecule has 7 nitrogen and oxygen atoms in total. The Labute approximate surface area is 187 Å². The molecule has 0 unspecified atom stereocenters. The van der Waals surface area contributed by atoms with Crippen molar-refractivity contribution in [3.8, 4) is 0 Å². The van der Waals surface area contributed by atoms with E-state index in [9.17, 15) is 13.2 Å². The molecule has 1 aliphatic heterocycles. The summed E-state index contributed by atoms with van der Waals surface area (Å²) in [7, 11) is -3.49. The number of aryl methyl sites for hydroxylation is 3. The van der Waals surface area contributed by atoms with Crippen molar-refractivity contribution in [2.75, 3.05) is 26.2 Å². The zero-order valence-electron chi connectivity index (χ0n) is 17.5. The van der Waals surface area contributed by atoms with Gasteiger partial charge in [0, 0.05) is 49.2 Å². The molecular weight excluding hydrogens is 444 g/mol. The summed E-state index contributed by atoms with van der Waals surface area (Å²) < 4.78 is 29.0. The normalized spacial score (nSPS) is 15.9. The van der Waals surface area contributed by atoms with Crippen LogP contribution in [0.1, 0.15) is 35.9 Å². The molecule has 0 N–H and O–H groups in total. The zero-order chi connectivity index (χ0) is 21.9. The van der Waals surface area contributed by atoms with E-state index in [-0.39, 0.29) is 19.0 Å². The van der Waals surface area contributed by atoms with Crippen LogP contribution in [0.5, 0.6) is 0 Å². The van der Waals surface area contributed by atoms with Crippen LogP contribution in [-0.2, 0) is 21.4 Å². The fraction of sp³-hybridized carbons (Fsp3) is 0.500. The van der Waals surface area contributed by atoms with Crippen molar-refractivity contribution in [3.63, 3.8) is 0 Å². The van der Waals surface area contributed by atoms with Crippen LogP contribution >= 0.6 is 22.9 Å². The number of hydrogen-bond donors (Lipinski definition) is 0. The number of sulfonamides is 1. The molecule has 1 fully saturated rings. The summed E-state index contributed by atoms with van der Waals surface area (Å²) in [5, 5.41) is 4.98. The molecule has 0 radical (unpaired) electrons. The Kier molecular flexibility index (Phi) is 7.38. The van der Waals surface area contributed by atoms with Gasteiger partial charge in [0.15, 0.2) is 0 Å². The highest BCUT2D eigenvalue weighted by Gasteiger charge is 2.30. The Balaban J connectivity index is 1.61. The number of hydrogen-bond acceptors (Lipinski definition) is 5. The molecule has 164 valence electrons. The zero-order valence-corrected chi connectivity index (χ0v) is 19.9. The molecule has 10 heteroatoms. The van der Waals surface area contributed by atoms with Crippen LogP contribution < -0.4 is 0 Å². The summed E-state index contributed by atoms with van der Waals surface area (Å²) in [4.78, 5) is 15.2. The molecule has 0 saturated carbocycles. The lowest BCUT2D eigenvalue weighted by Gasteiger charge is -2.33. The first-order chi connectivity index (χ1) is 14.2. The minimum absolute atomic E-state index is 0.157. The van der Waals surface area contributed by atoms with Crippen LogP contribution in [-0.4, -0.2) is 59.5 Å². The van der Waals surface area contributed by atoms with Crippen LogP contribution in [0.2, 0.25) is 5.15 Å². The van der Waals surface area contributed by atoms with E-state index in [0.717, 1.165) is 35.5 Å². The summed E-state index contributed by atoms with van der Waals surface area (Å²) in [5.74, 6) is -0.157. The first-order valence-corrected chi connectivity index (χ1v) is 12.6. The van der Waals surface area contributed by atoms with E-state index in [1.807, 2.05) is 13.8 Å². The second-order valence-electron chi connectivity index (χ2n) is 7.29. The number of amides is 1. The number of carbonyl (C=O) groups excluding carboxylic acids is 1. The number of piperazine rings is 1. The third-order valence-corrected chi connectivity index (χ3v) is 8.85. The molecule has 1 aliphatic rings. The predicted octanol–water partition coefficient (Wildman–Crippen LogP) is 3.56. The summed E-state index contributed by atoms with van der Waals surface area (Å²) in [6.45, 7) is 7.89. The maximum Gasteiger partial charge on any atom is 0.252 e. The van der Waals surface area contributed by atoms with Gasteiger partial charge < -0.3 is 4.90 Å². The van der Waals surface area contributed by atoms with Gasteiger partial charge in [-0.3, -0.25) is 9.48 Å². The molecule has 1 amide bonds. The first-order valence-electron chi connectivity index (χ1n) is 10.0. The van der Waals surface area contributed by atoms with Gasteiger partial charge in [-0.05, 0) is 38.5 Å². The fourth-order valence-electron chi connectivity index (χ4n) is 3.30. The monoisotopic (exact) mass is 470 g/mol. The SMILES string of the molecule is CCCCn1nc(C)c(/C=C/C(=O)N2CCN(S(=O)(=O)c3ccc(C)s3)CC2)c1Cl.